The molecule has 1 saturated heterocycles. The van der Waals surface area contributed by atoms with Gasteiger partial charge in [0.05, 0.1) is 0 Å². The summed E-state index contributed by atoms with van der Waals surface area (Å²) >= 11 is 0. The summed E-state index contributed by atoms with van der Waals surface area (Å²) in [6, 6.07) is 0.610. The Labute approximate surface area is 160 Å². The van der Waals surface area contributed by atoms with Crippen LogP contribution in [0.15, 0.2) is 4.99 Å². The molecule has 1 saturated carbocycles. The van der Waals surface area contributed by atoms with E-state index in [2.05, 4.69) is 41.4 Å². The summed E-state index contributed by atoms with van der Waals surface area (Å²) in [6.45, 7) is 8.26. The van der Waals surface area contributed by atoms with Crippen molar-refractivity contribution in [1.29, 1.82) is 0 Å². The molecule has 0 bridgehead atoms. The molecule has 0 aromatic rings. The third kappa shape index (κ3) is 7.16. The molecule has 0 amide bonds. The maximum Gasteiger partial charge on any atom is 0.191 e. The smallest absolute Gasteiger partial charge is 0.191 e. The maximum absolute atomic E-state index is 4.42. The molecule has 0 unspecified atom stereocenters. The second-order valence-corrected chi connectivity index (χ2v) is 7.70. The Balaban J connectivity index is 0.00000264. The molecule has 23 heavy (non-hydrogen) atoms. The molecule has 2 aliphatic rings. The van der Waals surface area contributed by atoms with Crippen LogP contribution in [0.2, 0.25) is 0 Å². The van der Waals surface area contributed by atoms with Gasteiger partial charge in [-0.05, 0) is 76.4 Å². The van der Waals surface area contributed by atoms with Crippen molar-refractivity contribution in [3.8, 4) is 0 Å². The van der Waals surface area contributed by atoms with Gasteiger partial charge in [-0.25, -0.2) is 0 Å². The van der Waals surface area contributed by atoms with Crippen molar-refractivity contribution in [2.45, 2.75) is 58.4 Å². The summed E-state index contributed by atoms with van der Waals surface area (Å²) in [4.78, 5) is 6.85. The second-order valence-electron chi connectivity index (χ2n) is 7.70. The molecule has 0 aromatic heterocycles. The van der Waals surface area contributed by atoms with Crippen LogP contribution in [-0.2, 0) is 0 Å². The van der Waals surface area contributed by atoms with Crippen LogP contribution < -0.4 is 10.6 Å². The molecule has 0 spiro atoms. The highest BCUT2D eigenvalue weighted by molar-refractivity contribution is 14.0. The van der Waals surface area contributed by atoms with Crippen LogP contribution in [0.25, 0.3) is 0 Å². The van der Waals surface area contributed by atoms with E-state index in [0.717, 1.165) is 30.3 Å². The molecule has 0 radical (unpaired) electrons. The van der Waals surface area contributed by atoms with Crippen LogP contribution in [0.5, 0.6) is 0 Å². The third-order valence-electron chi connectivity index (χ3n) is 5.68. The van der Waals surface area contributed by atoms with Gasteiger partial charge >= 0.3 is 0 Å². The Bertz CT molecular complexity index is 343. The average Bonchev–Trinajstić information content (AvgIpc) is 2.53. The van der Waals surface area contributed by atoms with Crippen LogP contribution in [0, 0.1) is 17.8 Å². The molecular weight excluding hydrogens is 399 g/mol. The number of halogens is 1. The van der Waals surface area contributed by atoms with Gasteiger partial charge in [-0.15, -0.1) is 24.0 Å². The predicted octanol–water partition coefficient (Wildman–Crippen LogP) is 3.33. The molecule has 2 rings (SSSR count). The molecule has 1 aliphatic heterocycles. The van der Waals surface area contributed by atoms with E-state index in [0.29, 0.717) is 6.04 Å². The van der Waals surface area contributed by atoms with E-state index >= 15 is 0 Å². The van der Waals surface area contributed by atoms with E-state index in [1.807, 2.05) is 7.05 Å². The lowest BCUT2D eigenvalue weighted by molar-refractivity contribution is 0.219. The molecule has 1 aliphatic carbocycles. The standard InChI is InChI=1S/C18H36N4.HI/c1-14(2)16-5-7-17(8-6-16)21-18(19-3)20-13-15-9-11-22(4)12-10-15;/h14-17H,5-13H2,1-4H3,(H2,19,20,21);1H. The number of guanidine groups is 1. The Morgan fingerprint density at radius 2 is 1.70 bits per heavy atom. The van der Waals surface area contributed by atoms with Crippen molar-refractivity contribution >= 4 is 29.9 Å². The number of nitrogens with zero attached hydrogens (tertiary/aromatic N) is 2. The minimum atomic E-state index is 0. The van der Waals surface area contributed by atoms with E-state index in [1.54, 1.807) is 0 Å². The number of rotatable bonds is 4. The fourth-order valence-corrected chi connectivity index (χ4v) is 3.83. The molecular formula is C18H37IN4. The molecule has 5 heteroatoms. The fraction of sp³-hybridized carbons (Fsp3) is 0.944. The Morgan fingerprint density at radius 1 is 1.09 bits per heavy atom. The Morgan fingerprint density at radius 3 is 2.22 bits per heavy atom. The highest BCUT2D eigenvalue weighted by Crippen LogP contribution is 2.29. The van der Waals surface area contributed by atoms with E-state index in [-0.39, 0.29) is 24.0 Å². The van der Waals surface area contributed by atoms with Gasteiger partial charge in [-0.1, -0.05) is 13.8 Å². The van der Waals surface area contributed by atoms with Gasteiger partial charge in [0.1, 0.15) is 0 Å². The zero-order chi connectivity index (χ0) is 15.9. The molecule has 0 atom stereocenters. The number of aliphatic imine (C=N–C) groups is 1. The average molecular weight is 436 g/mol. The first-order valence-electron chi connectivity index (χ1n) is 9.24. The van der Waals surface area contributed by atoms with E-state index in [9.17, 15) is 0 Å². The van der Waals surface area contributed by atoms with Crippen LogP contribution in [0.4, 0.5) is 0 Å². The van der Waals surface area contributed by atoms with Crippen molar-refractivity contribution in [2.24, 2.45) is 22.7 Å². The van der Waals surface area contributed by atoms with Gasteiger partial charge in [-0.3, -0.25) is 4.99 Å². The minimum Gasteiger partial charge on any atom is -0.356 e. The topological polar surface area (TPSA) is 39.7 Å². The fourth-order valence-electron chi connectivity index (χ4n) is 3.83. The zero-order valence-corrected chi connectivity index (χ0v) is 17.8. The maximum atomic E-state index is 4.42. The summed E-state index contributed by atoms with van der Waals surface area (Å²) in [7, 11) is 4.11. The lowest BCUT2D eigenvalue weighted by Crippen LogP contribution is -2.47. The van der Waals surface area contributed by atoms with E-state index in [4.69, 9.17) is 0 Å². The van der Waals surface area contributed by atoms with Crippen molar-refractivity contribution in [2.75, 3.05) is 33.7 Å². The number of nitrogens with one attached hydrogen (secondary N) is 2. The Kier molecular flexibility index (Phi) is 9.82. The molecule has 2 fully saturated rings. The van der Waals surface area contributed by atoms with Crippen LogP contribution in [0.3, 0.4) is 0 Å². The highest BCUT2D eigenvalue weighted by Gasteiger charge is 2.24. The summed E-state index contributed by atoms with van der Waals surface area (Å²) in [5.74, 6) is 3.56. The second kappa shape index (κ2) is 10.7. The predicted molar refractivity (Wildman–Crippen MR) is 111 cm³/mol. The number of likely N-dealkylation sites (tertiary alicyclic amines) is 1. The number of hydrogen-bond acceptors (Lipinski definition) is 2. The van der Waals surface area contributed by atoms with Crippen molar-refractivity contribution in [3.05, 3.63) is 0 Å². The van der Waals surface area contributed by atoms with Crippen LogP contribution in [0.1, 0.15) is 52.4 Å². The van der Waals surface area contributed by atoms with E-state index < -0.39 is 0 Å². The zero-order valence-electron chi connectivity index (χ0n) is 15.5. The summed E-state index contributed by atoms with van der Waals surface area (Å²) in [5.41, 5.74) is 0. The first kappa shape index (κ1) is 21.0. The van der Waals surface area contributed by atoms with E-state index in [1.165, 1.54) is 51.6 Å². The van der Waals surface area contributed by atoms with Crippen molar-refractivity contribution in [3.63, 3.8) is 0 Å². The van der Waals surface area contributed by atoms with Gasteiger partial charge in [0.2, 0.25) is 0 Å². The summed E-state index contributed by atoms with van der Waals surface area (Å²) in [5, 5.41) is 7.20. The summed E-state index contributed by atoms with van der Waals surface area (Å²) < 4.78 is 0. The number of hydrogen-bond donors (Lipinski definition) is 2. The van der Waals surface area contributed by atoms with Gasteiger partial charge in [0, 0.05) is 19.6 Å². The third-order valence-corrected chi connectivity index (χ3v) is 5.68. The lowest BCUT2D eigenvalue weighted by Gasteiger charge is -2.33. The first-order chi connectivity index (χ1) is 10.6. The molecule has 1 heterocycles. The highest BCUT2D eigenvalue weighted by atomic mass is 127. The molecule has 4 nitrogen and oxygen atoms in total. The van der Waals surface area contributed by atoms with Gasteiger partial charge in [0.15, 0.2) is 5.96 Å². The Hall–Kier alpha value is -0.0400. The first-order valence-corrected chi connectivity index (χ1v) is 9.24. The molecule has 2 N–H and O–H groups in total. The van der Waals surface area contributed by atoms with Crippen LogP contribution in [-0.4, -0.2) is 50.6 Å². The largest absolute Gasteiger partial charge is 0.356 e. The number of piperidine rings is 1. The molecule has 0 aromatic carbocycles. The lowest BCUT2D eigenvalue weighted by atomic mass is 9.80. The van der Waals surface area contributed by atoms with Gasteiger partial charge in [0.25, 0.3) is 0 Å². The monoisotopic (exact) mass is 436 g/mol. The quantitative estimate of drug-likeness (QED) is 0.404. The molecule has 136 valence electrons. The van der Waals surface area contributed by atoms with Crippen molar-refractivity contribution < 1.29 is 0 Å². The minimum absolute atomic E-state index is 0. The van der Waals surface area contributed by atoms with Gasteiger partial charge < -0.3 is 15.5 Å². The SMILES string of the molecule is CN=C(NCC1CCN(C)CC1)NC1CCC(C(C)C)CC1.I. The van der Waals surface area contributed by atoms with Crippen molar-refractivity contribution in [1.82, 2.24) is 15.5 Å². The van der Waals surface area contributed by atoms with Gasteiger partial charge in [-0.2, -0.15) is 0 Å². The normalized spacial score (nSPS) is 27.6. The van der Waals surface area contributed by atoms with Crippen LogP contribution >= 0.6 is 24.0 Å². The summed E-state index contributed by atoms with van der Waals surface area (Å²) in [6.07, 6.45) is 7.91.